The average Bonchev–Trinajstić information content (AvgIpc) is 3.22. The van der Waals surface area contributed by atoms with Crippen LogP contribution in [0.5, 0.6) is 0 Å². The van der Waals surface area contributed by atoms with Crippen molar-refractivity contribution >= 4 is 27.6 Å². The second-order valence-corrected chi connectivity index (χ2v) is 9.79. The number of piperidine rings is 1. The summed E-state index contributed by atoms with van der Waals surface area (Å²) >= 11 is 0. The van der Waals surface area contributed by atoms with Crippen molar-refractivity contribution in [1.82, 2.24) is 20.2 Å². The van der Waals surface area contributed by atoms with E-state index in [0.29, 0.717) is 16.6 Å². The van der Waals surface area contributed by atoms with E-state index >= 15 is 0 Å². The molecule has 4 N–H and O–H groups in total. The number of aromatic nitrogens is 4. The molecule has 3 aromatic carbocycles. The van der Waals surface area contributed by atoms with Crippen LogP contribution >= 0.6 is 0 Å². The number of benzene rings is 3. The molecule has 36 heavy (non-hydrogen) atoms. The summed E-state index contributed by atoms with van der Waals surface area (Å²) in [5.41, 5.74) is 14.2. The van der Waals surface area contributed by atoms with Gasteiger partial charge in [-0.05, 0) is 68.7 Å². The van der Waals surface area contributed by atoms with Gasteiger partial charge in [0.2, 0.25) is 0 Å². The first-order valence-electron chi connectivity index (χ1n) is 12.2. The van der Waals surface area contributed by atoms with E-state index < -0.39 is 5.82 Å². The fourth-order valence-corrected chi connectivity index (χ4v) is 5.34. The second kappa shape index (κ2) is 8.57. The van der Waals surface area contributed by atoms with Gasteiger partial charge in [0.05, 0.1) is 22.2 Å². The molecule has 1 fully saturated rings. The van der Waals surface area contributed by atoms with Crippen LogP contribution in [0.25, 0.3) is 44.3 Å². The summed E-state index contributed by atoms with van der Waals surface area (Å²) < 4.78 is 14.5. The Kier molecular flexibility index (Phi) is 5.34. The minimum absolute atomic E-state index is 0.188. The number of hydrogen-bond acceptors (Lipinski definition) is 5. The predicted octanol–water partition coefficient (Wildman–Crippen LogP) is 4.82. The zero-order valence-corrected chi connectivity index (χ0v) is 20.2. The maximum absolute atomic E-state index is 14.5. The number of fused-ring (bicyclic) bond motifs is 2. The molecule has 1 aliphatic rings. The molecular formula is C28H27FN6O. The van der Waals surface area contributed by atoms with Gasteiger partial charge in [0.15, 0.2) is 0 Å². The Labute approximate surface area is 207 Å². The molecule has 0 unspecified atom stereocenters. The molecule has 5 aromatic rings. The summed E-state index contributed by atoms with van der Waals surface area (Å²) in [5, 5.41) is 10.2. The van der Waals surface area contributed by atoms with Gasteiger partial charge in [-0.3, -0.25) is 0 Å². The van der Waals surface area contributed by atoms with E-state index in [4.69, 9.17) is 5.73 Å². The first-order valence-corrected chi connectivity index (χ1v) is 12.2. The Hall–Kier alpha value is -4.04. The summed E-state index contributed by atoms with van der Waals surface area (Å²) in [4.78, 5) is 19.8. The van der Waals surface area contributed by atoms with Crippen molar-refractivity contribution in [2.75, 3.05) is 18.0 Å². The lowest BCUT2D eigenvalue weighted by atomic mass is 9.97. The van der Waals surface area contributed by atoms with E-state index in [9.17, 15) is 9.18 Å². The lowest BCUT2D eigenvalue weighted by Crippen LogP contribution is -2.40. The van der Waals surface area contributed by atoms with E-state index in [1.54, 1.807) is 0 Å². The number of rotatable bonds is 3. The molecular weight excluding hydrogens is 455 g/mol. The second-order valence-electron chi connectivity index (χ2n) is 9.79. The maximum Gasteiger partial charge on any atom is 0.323 e. The van der Waals surface area contributed by atoms with Gasteiger partial charge in [0.25, 0.3) is 0 Å². The fraction of sp³-hybridized carbons (Fsp3) is 0.250. The highest BCUT2D eigenvalue weighted by Crippen LogP contribution is 2.39. The number of nitrogens with two attached hydrogens (primary N) is 1. The average molecular weight is 483 g/mol. The molecule has 0 amide bonds. The Balaban J connectivity index is 1.62. The van der Waals surface area contributed by atoms with Crippen LogP contribution in [0.2, 0.25) is 0 Å². The number of nitrogens with one attached hydrogen (secondary N) is 2. The minimum atomic E-state index is -0.415. The Morgan fingerprint density at radius 3 is 2.44 bits per heavy atom. The molecule has 0 aliphatic carbocycles. The molecule has 2 aromatic heterocycles. The van der Waals surface area contributed by atoms with Crippen LogP contribution in [0.4, 0.5) is 10.1 Å². The first kappa shape index (κ1) is 22.4. The minimum Gasteiger partial charge on any atom is -0.369 e. The zero-order valence-electron chi connectivity index (χ0n) is 20.2. The highest BCUT2D eigenvalue weighted by molar-refractivity contribution is 6.02. The van der Waals surface area contributed by atoms with Crippen molar-refractivity contribution in [3.05, 3.63) is 76.0 Å². The van der Waals surface area contributed by atoms with E-state index in [-0.39, 0.29) is 11.7 Å². The van der Waals surface area contributed by atoms with Crippen molar-refractivity contribution in [2.45, 2.75) is 32.7 Å². The monoisotopic (exact) mass is 482 g/mol. The van der Waals surface area contributed by atoms with Crippen molar-refractivity contribution in [3.63, 3.8) is 0 Å². The summed E-state index contributed by atoms with van der Waals surface area (Å²) in [6, 6.07) is 15.2. The largest absolute Gasteiger partial charge is 0.369 e. The SMILES string of the molecule is Cc1cc(C)cc(-c2nnc3ccc(-c4cc(F)cc5[nH]c(=O)[nH]c45)cc3c2N2CCC(N)CC2)c1. The third-order valence-electron chi connectivity index (χ3n) is 6.99. The molecule has 8 heteroatoms. The normalized spacial score (nSPS) is 14.7. The molecule has 3 heterocycles. The van der Waals surface area contributed by atoms with Crippen molar-refractivity contribution in [2.24, 2.45) is 5.73 Å². The number of H-pyrrole nitrogens is 2. The van der Waals surface area contributed by atoms with Crippen LogP contribution in [0.15, 0.2) is 53.3 Å². The summed E-state index contributed by atoms with van der Waals surface area (Å²) in [6.07, 6.45) is 1.79. The number of anilines is 1. The summed E-state index contributed by atoms with van der Waals surface area (Å²) in [6.45, 7) is 5.80. The topological polar surface area (TPSA) is 104 Å². The number of imidazole rings is 1. The van der Waals surface area contributed by atoms with Crippen LogP contribution in [0.1, 0.15) is 24.0 Å². The molecule has 0 bridgehead atoms. The highest BCUT2D eigenvalue weighted by Gasteiger charge is 2.24. The van der Waals surface area contributed by atoms with Crippen LogP contribution in [0, 0.1) is 19.7 Å². The van der Waals surface area contributed by atoms with Crippen molar-refractivity contribution < 1.29 is 4.39 Å². The van der Waals surface area contributed by atoms with Crippen LogP contribution in [-0.2, 0) is 0 Å². The summed E-state index contributed by atoms with van der Waals surface area (Å²) in [7, 11) is 0. The Bertz CT molecular complexity index is 1660. The molecule has 6 rings (SSSR count). The standard InChI is InChI=1S/C28H27FN6O/c1-15-9-16(2)11-18(10-15)25-27(35-7-5-20(30)6-8-35)22-12-17(3-4-23(22)33-34-25)21-13-19(29)14-24-26(21)32-28(36)31-24/h3-4,9-14,20H,5-8,30H2,1-2H3,(H2,31,32,36). The van der Waals surface area contributed by atoms with E-state index in [1.807, 2.05) is 18.2 Å². The van der Waals surface area contributed by atoms with Gasteiger partial charge in [0.1, 0.15) is 11.5 Å². The Morgan fingerprint density at radius 1 is 0.944 bits per heavy atom. The summed E-state index contributed by atoms with van der Waals surface area (Å²) in [5.74, 6) is -0.415. The van der Waals surface area contributed by atoms with Gasteiger partial charge in [-0.15, -0.1) is 10.2 Å². The van der Waals surface area contributed by atoms with Gasteiger partial charge < -0.3 is 20.6 Å². The molecule has 0 radical (unpaired) electrons. The van der Waals surface area contributed by atoms with Gasteiger partial charge in [-0.25, -0.2) is 9.18 Å². The van der Waals surface area contributed by atoms with E-state index in [1.165, 1.54) is 12.1 Å². The number of aromatic amines is 2. The zero-order chi connectivity index (χ0) is 25.0. The quantitative estimate of drug-likeness (QED) is 0.342. The van der Waals surface area contributed by atoms with Gasteiger partial charge in [0, 0.05) is 35.6 Å². The predicted molar refractivity (Wildman–Crippen MR) is 142 cm³/mol. The van der Waals surface area contributed by atoms with Gasteiger partial charge in [-0.2, -0.15) is 0 Å². The molecule has 7 nitrogen and oxygen atoms in total. The van der Waals surface area contributed by atoms with Crippen LogP contribution in [0.3, 0.4) is 0 Å². The fourth-order valence-electron chi connectivity index (χ4n) is 5.34. The maximum atomic E-state index is 14.5. The number of hydrogen-bond donors (Lipinski definition) is 3. The molecule has 0 saturated carbocycles. The number of aryl methyl sites for hydroxylation is 2. The van der Waals surface area contributed by atoms with Gasteiger partial charge in [-0.1, -0.05) is 23.3 Å². The number of nitrogens with zero attached hydrogens (tertiary/aromatic N) is 3. The molecule has 0 atom stereocenters. The van der Waals surface area contributed by atoms with Crippen molar-refractivity contribution in [1.29, 1.82) is 0 Å². The molecule has 0 spiro atoms. The van der Waals surface area contributed by atoms with Gasteiger partial charge >= 0.3 is 5.69 Å². The first-order chi connectivity index (χ1) is 17.4. The van der Waals surface area contributed by atoms with E-state index in [0.717, 1.165) is 70.5 Å². The molecule has 182 valence electrons. The van der Waals surface area contributed by atoms with Crippen LogP contribution < -0.4 is 16.3 Å². The molecule has 1 saturated heterocycles. The smallest absolute Gasteiger partial charge is 0.323 e. The molecule has 1 aliphatic heterocycles. The van der Waals surface area contributed by atoms with Crippen LogP contribution in [-0.4, -0.2) is 39.3 Å². The lowest BCUT2D eigenvalue weighted by molar-refractivity contribution is 0.502. The number of halogens is 1. The third kappa shape index (κ3) is 3.93. The third-order valence-corrected chi connectivity index (χ3v) is 6.99. The van der Waals surface area contributed by atoms with Crippen molar-refractivity contribution in [3.8, 4) is 22.4 Å². The van der Waals surface area contributed by atoms with E-state index in [2.05, 4.69) is 57.1 Å². The highest BCUT2D eigenvalue weighted by atomic mass is 19.1. The lowest BCUT2D eigenvalue weighted by Gasteiger charge is -2.33. The Morgan fingerprint density at radius 2 is 1.69 bits per heavy atom.